The van der Waals surface area contributed by atoms with Crippen molar-refractivity contribution in [1.82, 2.24) is 25.1 Å². The van der Waals surface area contributed by atoms with Gasteiger partial charge in [-0.15, -0.1) is 0 Å². The summed E-state index contributed by atoms with van der Waals surface area (Å²) in [6, 6.07) is 16.3. The highest BCUT2D eigenvalue weighted by Crippen LogP contribution is 2.43. The van der Waals surface area contributed by atoms with Crippen molar-refractivity contribution in [3.8, 4) is 16.9 Å². The van der Waals surface area contributed by atoms with Gasteiger partial charge < -0.3 is 15.2 Å². The number of aryl methyl sites for hydroxylation is 1. The molecule has 2 amide bonds. The predicted octanol–water partition coefficient (Wildman–Crippen LogP) is 4.48. The highest BCUT2D eigenvalue weighted by atomic mass is 16.5. The Labute approximate surface area is 221 Å². The summed E-state index contributed by atoms with van der Waals surface area (Å²) in [7, 11) is 1.58. The van der Waals surface area contributed by atoms with Crippen LogP contribution in [0.5, 0.6) is 0 Å². The highest BCUT2D eigenvalue weighted by molar-refractivity contribution is 5.91. The summed E-state index contributed by atoms with van der Waals surface area (Å²) in [5.41, 5.74) is 4.40. The fraction of sp³-hybridized carbons (Fsp3) is 0.310. The number of aliphatic hydroxyl groups is 1. The predicted molar refractivity (Wildman–Crippen MR) is 145 cm³/mol. The monoisotopic (exact) mass is 512 g/mol. The zero-order chi connectivity index (χ0) is 27.0. The average molecular weight is 513 g/mol. The molecule has 0 bridgehead atoms. The molecule has 9 heteroatoms. The van der Waals surface area contributed by atoms with Gasteiger partial charge in [0.25, 0.3) is 0 Å². The van der Waals surface area contributed by atoms with Crippen molar-refractivity contribution in [1.29, 1.82) is 0 Å². The third-order valence-corrected chi connectivity index (χ3v) is 7.30. The van der Waals surface area contributed by atoms with E-state index in [-0.39, 0.29) is 0 Å². The van der Waals surface area contributed by atoms with Gasteiger partial charge in [-0.3, -0.25) is 5.32 Å². The summed E-state index contributed by atoms with van der Waals surface area (Å²) in [6.07, 6.45) is 1.99. The number of nitrogens with zero attached hydrogens (tertiary/aromatic N) is 4. The molecule has 1 aliphatic carbocycles. The Hall–Kier alpha value is -4.08. The molecule has 0 saturated heterocycles. The number of carbonyl (C=O) groups is 1. The summed E-state index contributed by atoms with van der Waals surface area (Å²) in [4.78, 5) is 22.1. The normalized spacial score (nSPS) is 20.0. The number of aliphatic hydroxyl groups excluding tert-OH is 1. The van der Waals surface area contributed by atoms with Crippen LogP contribution < -0.4 is 10.6 Å². The summed E-state index contributed by atoms with van der Waals surface area (Å²) in [5.74, 6) is 1.17. The Kier molecular flexibility index (Phi) is 6.73. The van der Waals surface area contributed by atoms with Gasteiger partial charge in [0.05, 0.1) is 17.8 Å². The van der Waals surface area contributed by atoms with Crippen molar-refractivity contribution >= 4 is 11.8 Å². The standard InChI is InChI=1S/C29H32N6O3/c1-17-23(19-15-30-18(2)31-16-19)34-35(20-11-7-6-8-12-20)27(17)33-28(37)32-24-21-13-9-10-14-22(21)29(3,4)26(38-5)25(24)36/h6-16,24-26,36H,1-5H3,(H2,32,33,37). The first kappa shape index (κ1) is 25.6. The van der Waals surface area contributed by atoms with Crippen LogP contribution in [-0.4, -0.2) is 50.2 Å². The number of carbonyl (C=O) groups excluding carboxylic acids is 1. The van der Waals surface area contributed by atoms with E-state index in [0.717, 1.165) is 27.9 Å². The number of fused-ring (bicyclic) bond motifs is 1. The van der Waals surface area contributed by atoms with Crippen LogP contribution in [0, 0.1) is 13.8 Å². The molecule has 196 valence electrons. The van der Waals surface area contributed by atoms with Gasteiger partial charge in [0.1, 0.15) is 23.4 Å². The van der Waals surface area contributed by atoms with Crippen molar-refractivity contribution in [2.45, 2.75) is 51.4 Å². The van der Waals surface area contributed by atoms with Crippen LogP contribution in [0.1, 0.15) is 42.4 Å². The van der Waals surface area contributed by atoms with Gasteiger partial charge >= 0.3 is 6.03 Å². The number of ether oxygens (including phenoxy) is 1. The molecule has 0 spiro atoms. The highest BCUT2D eigenvalue weighted by Gasteiger charge is 2.47. The molecule has 1 aliphatic rings. The van der Waals surface area contributed by atoms with Crippen LogP contribution in [0.25, 0.3) is 16.9 Å². The topological polar surface area (TPSA) is 114 Å². The van der Waals surface area contributed by atoms with Crippen LogP contribution in [0.15, 0.2) is 67.0 Å². The molecular weight excluding hydrogens is 480 g/mol. The fourth-order valence-electron chi connectivity index (χ4n) is 5.36. The molecule has 2 aromatic carbocycles. The van der Waals surface area contributed by atoms with Crippen molar-refractivity contribution in [3.05, 3.63) is 89.5 Å². The number of hydrogen-bond donors (Lipinski definition) is 3. The summed E-state index contributed by atoms with van der Waals surface area (Å²) in [5, 5.41) is 22.1. The van der Waals surface area contributed by atoms with Crippen molar-refractivity contribution in [3.63, 3.8) is 0 Å². The lowest BCUT2D eigenvalue weighted by atomic mass is 9.67. The Bertz CT molecular complexity index is 1450. The molecular formula is C29H32N6O3. The minimum absolute atomic E-state index is 0.438. The molecule has 0 aliphatic heterocycles. The van der Waals surface area contributed by atoms with Crippen LogP contribution in [-0.2, 0) is 10.2 Å². The van der Waals surface area contributed by atoms with Crippen LogP contribution >= 0.6 is 0 Å². The maximum absolute atomic E-state index is 13.5. The first-order valence-corrected chi connectivity index (χ1v) is 12.5. The molecule has 0 fully saturated rings. The van der Waals surface area contributed by atoms with Crippen LogP contribution in [0.3, 0.4) is 0 Å². The van der Waals surface area contributed by atoms with Crippen molar-refractivity contribution in [2.24, 2.45) is 0 Å². The zero-order valence-corrected chi connectivity index (χ0v) is 22.1. The molecule has 3 atom stereocenters. The minimum atomic E-state index is -0.948. The summed E-state index contributed by atoms with van der Waals surface area (Å²) < 4.78 is 7.41. The number of nitrogens with one attached hydrogen (secondary N) is 2. The lowest BCUT2D eigenvalue weighted by Crippen LogP contribution is -2.55. The number of benzene rings is 2. The number of urea groups is 1. The van der Waals surface area contributed by atoms with E-state index in [9.17, 15) is 9.90 Å². The number of amides is 2. The van der Waals surface area contributed by atoms with E-state index in [1.807, 2.05) is 82.3 Å². The van der Waals surface area contributed by atoms with E-state index >= 15 is 0 Å². The third-order valence-electron chi connectivity index (χ3n) is 7.30. The van der Waals surface area contributed by atoms with E-state index in [2.05, 4.69) is 20.6 Å². The maximum Gasteiger partial charge on any atom is 0.320 e. The second-order valence-electron chi connectivity index (χ2n) is 10.1. The van der Waals surface area contributed by atoms with Gasteiger partial charge in [-0.25, -0.2) is 19.4 Å². The van der Waals surface area contributed by atoms with Gasteiger partial charge in [-0.1, -0.05) is 56.3 Å². The lowest BCUT2D eigenvalue weighted by molar-refractivity contribution is -0.0730. The summed E-state index contributed by atoms with van der Waals surface area (Å²) >= 11 is 0. The Morgan fingerprint density at radius 1 is 1.03 bits per heavy atom. The molecule has 5 rings (SSSR count). The maximum atomic E-state index is 13.5. The Morgan fingerprint density at radius 3 is 2.37 bits per heavy atom. The van der Waals surface area contributed by atoms with Gasteiger partial charge in [0.15, 0.2) is 0 Å². The SMILES string of the molecule is COC1C(O)C(NC(=O)Nc2c(C)c(-c3cnc(C)nc3)nn2-c2ccccc2)c2ccccc2C1(C)C. The van der Waals surface area contributed by atoms with Gasteiger partial charge in [-0.2, -0.15) is 5.10 Å². The number of para-hydroxylation sites is 1. The number of aromatic nitrogens is 4. The van der Waals surface area contributed by atoms with E-state index in [0.29, 0.717) is 17.3 Å². The lowest BCUT2D eigenvalue weighted by Gasteiger charge is -2.46. The molecule has 2 aromatic heterocycles. The molecule has 38 heavy (non-hydrogen) atoms. The smallest absolute Gasteiger partial charge is 0.320 e. The second kappa shape index (κ2) is 10.00. The molecule has 2 heterocycles. The second-order valence-corrected chi connectivity index (χ2v) is 10.1. The quantitative estimate of drug-likeness (QED) is 0.363. The minimum Gasteiger partial charge on any atom is -0.388 e. The zero-order valence-electron chi connectivity index (χ0n) is 22.1. The number of hydrogen-bond acceptors (Lipinski definition) is 6. The number of anilines is 1. The van der Waals surface area contributed by atoms with Gasteiger partial charge in [0, 0.05) is 36.0 Å². The van der Waals surface area contributed by atoms with Crippen molar-refractivity contribution < 1.29 is 14.6 Å². The Morgan fingerprint density at radius 2 is 1.68 bits per heavy atom. The van der Waals surface area contributed by atoms with Crippen molar-refractivity contribution in [2.75, 3.05) is 12.4 Å². The number of methoxy groups -OCH3 is 1. The molecule has 3 N–H and O–H groups in total. The van der Waals surface area contributed by atoms with Gasteiger partial charge in [0.2, 0.25) is 0 Å². The van der Waals surface area contributed by atoms with Crippen LogP contribution in [0.4, 0.5) is 10.6 Å². The molecule has 4 aromatic rings. The fourth-order valence-corrected chi connectivity index (χ4v) is 5.36. The average Bonchev–Trinajstić information content (AvgIpc) is 3.23. The molecule has 9 nitrogen and oxygen atoms in total. The first-order valence-electron chi connectivity index (χ1n) is 12.5. The first-order chi connectivity index (χ1) is 18.2. The third kappa shape index (κ3) is 4.44. The van der Waals surface area contributed by atoms with E-state index in [1.165, 1.54) is 0 Å². The molecule has 0 saturated carbocycles. The molecule has 3 unspecified atom stereocenters. The van der Waals surface area contributed by atoms with E-state index in [4.69, 9.17) is 9.84 Å². The largest absolute Gasteiger partial charge is 0.388 e. The van der Waals surface area contributed by atoms with Crippen LogP contribution in [0.2, 0.25) is 0 Å². The van der Waals surface area contributed by atoms with E-state index < -0.39 is 29.7 Å². The molecule has 0 radical (unpaired) electrons. The van der Waals surface area contributed by atoms with Gasteiger partial charge in [-0.05, 0) is 37.1 Å². The van der Waals surface area contributed by atoms with E-state index in [1.54, 1.807) is 24.2 Å². The summed E-state index contributed by atoms with van der Waals surface area (Å²) in [6.45, 7) is 7.80. The Balaban J connectivity index is 1.50. The number of rotatable bonds is 5.